The molecule has 0 aliphatic carbocycles. The maximum absolute atomic E-state index is 14.2. The van der Waals surface area contributed by atoms with Gasteiger partial charge in [-0.1, -0.05) is 0 Å². The van der Waals surface area contributed by atoms with Crippen LogP contribution in [0.25, 0.3) is 0 Å². The summed E-state index contributed by atoms with van der Waals surface area (Å²) >= 11 is 0. The molecule has 1 fully saturated rings. The first-order valence-electron chi connectivity index (χ1n) is 6.90. The molecule has 0 bridgehead atoms. The Hall–Kier alpha value is -1.69. The summed E-state index contributed by atoms with van der Waals surface area (Å²) in [6.07, 6.45) is 1.72. The van der Waals surface area contributed by atoms with Gasteiger partial charge < -0.3 is 15.3 Å². The molecule has 1 aliphatic heterocycles. The summed E-state index contributed by atoms with van der Waals surface area (Å²) < 4.78 is 14.2. The number of carbonyl (C=O) groups is 1. The molecule has 110 valence electrons. The van der Waals surface area contributed by atoms with Crippen LogP contribution in [0.1, 0.15) is 30.6 Å². The van der Waals surface area contributed by atoms with Crippen LogP contribution >= 0.6 is 0 Å². The summed E-state index contributed by atoms with van der Waals surface area (Å²) in [4.78, 5) is 17.8. The molecule has 20 heavy (non-hydrogen) atoms. The average molecular weight is 281 g/mol. The van der Waals surface area contributed by atoms with E-state index >= 15 is 0 Å². The highest BCUT2D eigenvalue weighted by Crippen LogP contribution is 2.23. The Morgan fingerprint density at radius 1 is 1.70 bits per heavy atom. The van der Waals surface area contributed by atoms with E-state index in [1.54, 1.807) is 11.8 Å². The molecular formula is C14H20FN3O2. The van der Waals surface area contributed by atoms with Crippen LogP contribution < -0.4 is 5.32 Å². The predicted octanol–water partition coefficient (Wildman–Crippen LogP) is 1.50. The van der Waals surface area contributed by atoms with E-state index in [9.17, 15) is 14.3 Å². The molecule has 2 atom stereocenters. The highest BCUT2D eigenvalue weighted by Gasteiger charge is 2.31. The van der Waals surface area contributed by atoms with Gasteiger partial charge in [0, 0.05) is 31.7 Å². The van der Waals surface area contributed by atoms with E-state index in [4.69, 9.17) is 0 Å². The molecular weight excluding hydrogens is 261 g/mol. The second-order valence-electron chi connectivity index (χ2n) is 5.09. The first-order valence-corrected chi connectivity index (χ1v) is 6.90. The fourth-order valence-corrected chi connectivity index (χ4v) is 2.44. The van der Waals surface area contributed by atoms with Gasteiger partial charge in [0.15, 0.2) is 11.6 Å². The number of aliphatic hydroxyl groups excluding tert-OH is 1. The number of aliphatic hydroxyl groups is 1. The van der Waals surface area contributed by atoms with E-state index in [0.717, 1.165) is 6.42 Å². The zero-order valence-corrected chi connectivity index (χ0v) is 11.8. The highest BCUT2D eigenvalue weighted by atomic mass is 19.1. The summed E-state index contributed by atoms with van der Waals surface area (Å²) in [7, 11) is 0. The van der Waals surface area contributed by atoms with Crippen molar-refractivity contribution in [2.24, 2.45) is 5.92 Å². The predicted molar refractivity (Wildman–Crippen MR) is 74.1 cm³/mol. The molecule has 1 aromatic heterocycles. The standard InChI is InChI=1S/C14H20FN3O2/c1-3-16-13-12(15)11(4-6-17-13)14(20)18-7-5-10(8-18)9(2)19/h4,6,9-10,19H,3,5,7-8H2,1-2H3,(H,16,17). The van der Waals surface area contributed by atoms with Crippen molar-refractivity contribution in [3.8, 4) is 0 Å². The molecule has 2 heterocycles. The average Bonchev–Trinajstić information content (AvgIpc) is 2.90. The summed E-state index contributed by atoms with van der Waals surface area (Å²) in [6, 6.07) is 1.40. The van der Waals surface area contributed by atoms with E-state index in [1.165, 1.54) is 12.3 Å². The van der Waals surface area contributed by atoms with Crippen molar-refractivity contribution in [2.75, 3.05) is 25.0 Å². The van der Waals surface area contributed by atoms with Gasteiger partial charge >= 0.3 is 0 Å². The van der Waals surface area contributed by atoms with Gasteiger partial charge in [-0.15, -0.1) is 0 Å². The number of pyridine rings is 1. The number of nitrogens with one attached hydrogen (secondary N) is 1. The maximum Gasteiger partial charge on any atom is 0.257 e. The molecule has 6 heteroatoms. The van der Waals surface area contributed by atoms with Crippen molar-refractivity contribution in [1.29, 1.82) is 0 Å². The van der Waals surface area contributed by atoms with Crippen LogP contribution in [0, 0.1) is 11.7 Å². The zero-order chi connectivity index (χ0) is 14.7. The summed E-state index contributed by atoms with van der Waals surface area (Å²) in [5.41, 5.74) is 0.0298. The van der Waals surface area contributed by atoms with Crippen LogP contribution in [0.3, 0.4) is 0 Å². The quantitative estimate of drug-likeness (QED) is 0.877. The first-order chi connectivity index (χ1) is 9.54. The Morgan fingerprint density at radius 3 is 3.05 bits per heavy atom. The van der Waals surface area contributed by atoms with Gasteiger partial charge in [0.2, 0.25) is 0 Å². The summed E-state index contributed by atoms with van der Waals surface area (Å²) in [6.45, 7) is 5.11. The fourth-order valence-electron chi connectivity index (χ4n) is 2.44. The normalized spacial score (nSPS) is 20.0. The molecule has 0 saturated carbocycles. The third-order valence-electron chi connectivity index (χ3n) is 3.66. The lowest BCUT2D eigenvalue weighted by Gasteiger charge is -2.18. The van der Waals surface area contributed by atoms with E-state index in [1.807, 2.05) is 6.92 Å². The van der Waals surface area contributed by atoms with Gasteiger partial charge in [0.25, 0.3) is 5.91 Å². The SMILES string of the molecule is CCNc1nccc(C(=O)N2CCC(C(C)O)C2)c1F. The summed E-state index contributed by atoms with van der Waals surface area (Å²) in [5.74, 6) is -0.784. The molecule has 2 N–H and O–H groups in total. The van der Waals surface area contributed by atoms with Crippen molar-refractivity contribution in [3.63, 3.8) is 0 Å². The lowest BCUT2D eigenvalue weighted by atomic mass is 10.0. The van der Waals surface area contributed by atoms with Crippen molar-refractivity contribution >= 4 is 11.7 Å². The Labute approximate surface area is 117 Å². The number of likely N-dealkylation sites (tertiary alicyclic amines) is 1. The number of aromatic nitrogens is 1. The number of halogens is 1. The minimum Gasteiger partial charge on any atom is -0.393 e. The van der Waals surface area contributed by atoms with Crippen LogP contribution in [0.5, 0.6) is 0 Å². The Kier molecular flexibility index (Phi) is 4.54. The van der Waals surface area contributed by atoms with Crippen LogP contribution in [0.4, 0.5) is 10.2 Å². The fraction of sp³-hybridized carbons (Fsp3) is 0.571. The van der Waals surface area contributed by atoms with E-state index in [0.29, 0.717) is 19.6 Å². The molecule has 2 unspecified atom stereocenters. The highest BCUT2D eigenvalue weighted by molar-refractivity contribution is 5.95. The monoisotopic (exact) mass is 281 g/mol. The summed E-state index contributed by atoms with van der Waals surface area (Å²) in [5, 5.41) is 12.4. The van der Waals surface area contributed by atoms with Gasteiger partial charge in [-0.05, 0) is 26.3 Å². The van der Waals surface area contributed by atoms with Crippen molar-refractivity contribution in [2.45, 2.75) is 26.4 Å². The molecule has 1 saturated heterocycles. The first kappa shape index (κ1) is 14.7. The molecule has 0 radical (unpaired) electrons. The van der Waals surface area contributed by atoms with E-state index in [-0.39, 0.29) is 23.2 Å². The van der Waals surface area contributed by atoms with E-state index in [2.05, 4.69) is 10.3 Å². The minimum absolute atomic E-state index is 0.0298. The largest absolute Gasteiger partial charge is 0.393 e. The number of rotatable bonds is 4. The molecule has 5 nitrogen and oxygen atoms in total. The third kappa shape index (κ3) is 2.90. The molecule has 1 aromatic rings. The topological polar surface area (TPSA) is 65.5 Å². The number of carbonyl (C=O) groups excluding carboxylic acids is 1. The number of anilines is 1. The molecule has 2 rings (SSSR count). The number of hydrogen-bond acceptors (Lipinski definition) is 4. The second-order valence-corrected chi connectivity index (χ2v) is 5.09. The van der Waals surface area contributed by atoms with Crippen LogP contribution in [-0.2, 0) is 0 Å². The smallest absolute Gasteiger partial charge is 0.257 e. The van der Waals surface area contributed by atoms with Gasteiger partial charge in [0.1, 0.15) is 0 Å². The lowest BCUT2D eigenvalue weighted by Crippen LogP contribution is -2.31. The Morgan fingerprint density at radius 2 is 2.45 bits per heavy atom. The number of hydrogen-bond donors (Lipinski definition) is 2. The number of amides is 1. The van der Waals surface area contributed by atoms with E-state index < -0.39 is 11.9 Å². The third-order valence-corrected chi connectivity index (χ3v) is 3.66. The second kappa shape index (κ2) is 6.17. The van der Waals surface area contributed by atoms with Crippen molar-refractivity contribution in [3.05, 3.63) is 23.6 Å². The van der Waals surface area contributed by atoms with Crippen LogP contribution in [-0.4, -0.2) is 46.6 Å². The van der Waals surface area contributed by atoms with Gasteiger partial charge in [-0.25, -0.2) is 9.37 Å². The maximum atomic E-state index is 14.2. The van der Waals surface area contributed by atoms with Crippen LogP contribution in [0.2, 0.25) is 0 Å². The molecule has 1 amide bonds. The zero-order valence-electron chi connectivity index (χ0n) is 11.8. The lowest BCUT2D eigenvalue weighted by molar-refractivity contribution is 0.0758. The van der Waals surface area contributed by atoms with Gasteiger partial charge in [-0.2, -0.15) is 0 Å². The Balaban J connectivity index is 2.16. The Bertz CT molecular complexity index is 493. The number of nitrogens with zero attached hydrogens (tertiary/aromatic N) is 2. The molecule has 0 spiro atoms. The molecule has 0 aromatic carbocycles. The minimum atomic E-state index is -0.611. The molecule has 1 aliphatic rings. The van der Waals surface area contributed by atoms with Crippen molar-refractivity contribution < 1.29 is 14.3 Å². The van der Waals surface area contributed by atoms with Gasteiger partial charge in [0.05, 0.1) is 11.7 Å². The van der Waals surface area contributed by atoms with Gasteiger partial charge in [-0.3, -0.25) is 4.79 Å². The van der Waals surface area contributed by atoms with Crippen LogP contribution in [0.15, 0.2) is 12.3 Å². The van der Waals surface area contributed by atoms with Crippen molar-refractivity contribution in [1.82, 2.24) is 9.88 Å².